The highest BCUT2D eigenvalue weighted by Gasteiger charge is 2.35. The molecule has 1 atom stereocenters. The Bertz CT molecular complexity index is 1710. The Labute approximate surface area is 227 Å². The quantitative estimate of drug-likeness (QED) is 0.300. The summed E-state index contributed by atoms with van der Waals surface area (Å²) in [6, 6.07) is 10.5. The van der Waals surface area contributed by atoms with E-state index in [1.54, 1.807) is 41.2 Å². The first kappa shape index (κ1) is 26.8. The molecule has 0 aliphatic carbocycles. The van der Waals surface area contributed by atoms with Crippen molar-refractivity contribution < 1.29 is 18.7 Å². The molecule has 0 saturated carbocycles. The summed E-state index contributed by atoms with van der Waals surface area (Å²) >= 11 is 0. The number of amides is 2. The maximum Gasteiger partial charge on any atom is 0.273 e. The molecule has 0 bridgehead atoms. The number of carbonyl (C=O) groups excluding carboxylic acids is 2. The van der Waals surface area contributed by atoms with Crippen LogP contribution in [0, 0.1) is 5.82 Å². The Kier molecular flexibility index (Phi) is 7.20. The number of benzene rings is 2. The third-order valence-corrected chi connectivity index (χ3v) is 6.64. The molecule has 4 aromatic rings. The van der Waals surface area contributed by atoms with Gasteiger partial charge >= 0.3 is 0 Å². The first-order valence-corrected chi connectivity index (χ1v) is 12.7. The lowest BCUT2D eigenvalue weighted by atomic mass is 9.90. The van der Waals surface area contributed by atoms with E-state index in [0.717, 1.165) is 4.68 Å². The molecule has 1 aliphatic heterocycles. The van der Waals surface area contributed by atoms with Crippen LogP contribution < -0.4 is 26.5 Å². The lowest BCUT2D eigenvalue weighted by Crippen LogP contribution is -2.38. The lowest BCUT2D eigenvalue weighted by molar-refractivity contribution is -0.126. The number of nitrogens with one attached hydrogen (secondary N) is 3. The van der Waals surface area contributed by atoms with Gasteiger partial charge < -0.3 is 15.4 Å². The molecule has 5 rings (SSSR count). The monoisotopic (exact) mass is 549 g/mol. The second-order valence-corrected chi connectivity index (χ2v) is 10.2. The van der Waals surface area contributed by atoms with Gasteiger partial charge in [0.2, 0.25) is 11.8 Å². The van der Waals surface area contributed by atoms with Crippen LogP contribution in [-0.2, 0) is 22.7 Å². The molecular weight excluding hydrogens is 521 g/mol. The number of carbonyl (C=O) groups is 2. The van der Waals surface area contributed by atoms with Crippen LogP contribution in [0.25, 0.3) is 10.8 Å². The van der Waals surface area contributed by atoms with Crippen LogP contribution in [0.15, 0.2) is 58.3 Å². The number of aromatic amines is 1. The van der Waals surface area contributed by atoms with Gasteiger partial charge in [-0.15, -0.1) is 5.10 Å². The van der Waals surface area contributed by atoms with E-state index >= 15 is 0 Å². The summed E-state index contributed by atoms with van der Waals surface area (Å²) in [6.45, 7) is 3.63. The van der Waals surface area contributed by atoms with Gasteiger partial charge in [0.05, 0.1) is 42.6 Å². The summed E-state index contributed by atoms with van der Waals surface area (Å²) in [5, 5.41) is 16.5. The molecule has 208 valence electrons. The fourth-order valence-electron chi connectivity index (χ4n) is 4.71. The van der Waals surface area contributed by atoms with Gasteiger partial charge in [0.15, 0.2) is 0 Å². The molecule has 3 heterocycles. The zero-order valence-corrected chi connectivity index (χ0v) is 21.9. The first-order valence-electron chi connectivity index (χ1n) is 12.7. The fraction of sp³-hybridized carbons (Fsp3) is 0.333. The first-order chi connectivity index (χ1) is 19.1. The number of hydrogen-bond donors (Lipinski definition) is 3. The molecular formula is C27H28FN7O5. The van der Waals surface area contributed by atoms with E-state index in [2.05, 4.69) is 26.0 Å². The molecule has 2 aromatic carbocycles. The maximum atomic E-state index is 13.9. The van der Waals surface area contributed by atoms with E-state index in [-0.39, 0.29) is 48.7 Å². The maximum absolute atomic E-state index is 13.9. The normalized spacial score (nSPS) is 15.7. The predicted molar refractivity (Wildman–Crippen MR) is 142 cm³/mol. The Morgan fingerprint density at radius 1 is 1.12 bits per heavy atom. The molecule has 12 nitrogen and oxygen atoms in total. The van der Waals surface area contributed by atoms with Crippen LogP contribution in [0.2, 0.25) is 0 Å². The summed E-state index contributed by atoms with van der Waals surface area (Å²) in [5.41, 5.74) is -0.180. The largest absolute Gasteiger partial charge is 0.487 e. The van der Waals surface area contributed by atoms with Crippen LogP contribution in [0.4, 0.5) is 4.39 Å². The number of halogens is 1. The number of fused-ring (bicyclic) bond motifs is 2. The van der Waals surface area contributed by atoms with E-state index < -0.39 is 28.5 Å². The third-order valence-electron chi connectivity index (χ3n) is 6.64. The topological polar surface area (TPSA) is 153 Å². The van der Waals surface area contributed by atoms with Gasteiger partial charge in [-0.3, -0.25) is 24.3 Å². The summed E-state index contributed by atoms with van der Waals surface area (Å²) in [4.78, 5) is 49.3. The second kappa shape index (κ2) is 10.8. The van der Waals surface area contributed by atoms with Crippen LogP contribution in [-0.4, -0.2) is 48.7 Å². The molecule has 0 unspecified atom stereocenters. The van der Waals surface area contributed by atoms with Crippen molar-refractivity contribution in [3.05, 3.63) is 86.4 Å². The van der Waals surface area contributed by atoms with Crippen LogP contribution >= 0.6 is 0 Å². The number of aryl methyl sites for hydroxylation is 1. The minimum atomic E-state index is -0.495. The molecule has 0 saturated heterocycles. The SMILES string of the molecule is CC1(C)C[C@@H](n2cc(CNC(=O)CNC(=O)CCn3[nH]c(=O)c4ccccc4c3=O)nn2)c2cc(F)ccc2O1. The highest BCUT2D eigenvalue weighted by molar-refractivity contribution is 5.84. The summed E-state index contributed by atoms with van der Waals surface area (Å²) in [6.07, 6.45) is 2.12. The second-order valence-electron chi connectivity index (χ2n) is 10.2. The average Bonchev–Trinajstić information content (AvgIpc) is 3.40. The lowest BCUT2D eigenvalue weighted by Gasteiger charge is -2.37. The van der Waals surface area contributed by atoms with Crippen molar-refractivity contribution in [3.63, 3.8) is 0 Å². The van der Waals surface area contributed by atoms with Crippen molar-refractivity contribution in [2.24, 2.45) is 0 Å². The zero-order valence-electron chi connectivity index (χ0n) is 21.9. The molecule has 1 aliphatic rings. The average molecular weight is 550 g/mol. The molecule has 0 fully saturated rings. The van der Waals surface area contributed by atoms with E-state index in [1.165, 1.54) is 12.1 Å². The van der Waals surface area contributed by atoms with Crippen LogP contribution in [0.1, 0.15) is 44.0 Å². The number of aromatic nitrogens is 5. The van der Waals surface area contributed by atoms with E-state index in [4.69, 9.17) is 4.74 Å². The van der Waals surface area contributed by atoms with Crippen molar-refractivity contribution in [2.75, 3.05) is 6.54 Å². The highest BCUT2D eigenvalue weighted by atomic mass is 19.1. The number of hydrogen-bond acceptors (Lipinski definition) is 7. The number of H-pyrrole nitrogens is 1. The molecule has 2 aromatic heterocycles. The minimum absolute atomic E-state index is 0.0501. The summed E-state index contributed by atoms with van der Waals surface area (Å²) in [7, 11) is 0. The Hall–Kier alpha value is -4.81. The van der Waals surface area contributed by atoms with Gasteiger partial charge in [0.1, 0.15) is 22.9 Å². The third kappa shape index (κ3) is 5.77. The van der Waals surface area contributed by atoms with Crippen LogP contribution in [0.5, 0.6) is 5.75 Å². The van der Waals surface area contributed by atoms with Crippen molar-refractivity contribution in [1.29, 1.82) is 0 Å². The predicted octanol–water partition coefficient (Wildman–Crippen LogP) is 1.39. The van der Waals surface area contributed by atoms with Crippen molar-refractivity contribution >= 4 is 22.6 Å². The number of nitrogens with zero attached hydrogens (tertiary/aromatic N) is 4. The Morgan fingerprint density at radius 2 is 1.90 bits per heavy atom. The van der Waals surface area contributed by atoms with Crippen LogP contribution in [0.3, 0.4) is 0 Å². The summed E-state index contributed by atoms with van der Waals surface area (Å²) in [5.74, 6) is -0.700. The van der Waals surface area contributed by atoms with E-state index in [0.29, 0.717) is 23.4 Å². The Balaban J connectivity index is 1.13. The van der Waals surface area contributed by atoms with Gasteiger partial charge in [-0.25, -0.2) is 13.8 Å². The number of rotatable bonds is 8. The molecule has 2 amide bonds. The van der Waals surface area contributed by atoms with Gasteiger partial charge in [-0.1, -0.05) is 17.3 Å². The van der Waals surface area contributed by atoms with Gasteiger partial charge in [0, 0.05) is 18.4 Å². The van der Waals surface area contributed by atoms with Gasteiger partial charge in [0.25, 0.3) is 11.1 Å². The van der Waals surface area contributed by atoms with E-state index in [9.17, 15) is 23.6 Å². The van der Waals surface area contributed by atoms with Crippen molar-refractivity contribution in [2.45, 2.75) is 51.4 Å². The summed E-state index contributed by atoms with van der Waals surface area (Å²) < 4.78 is 22.6. The van der Waals surface area contributed by atoms with Gasteiger partial charge in [-0.2, -0.15) is 0 Å². The van der Waals surface area contributed by atoms with Crippen molar-refractivity contribution in [3.8, 4) is 5.75 Å². The number of ether oxygens (including phenoxy) is 1. The molecule has 13 heteroatoms. The smallest absolute Gasteiger partial charge is 0.273 e. The molecule has 0 radical (unpaired) electrons. The molecule has 3 N–H and O–H groups in total. The molecule has 40 heavy (non-hydrogen) atoms. The standard InChI is InChI=1S/C27H28FN7O5/c1-27(2)12-21(20-11-16(28)7-8-22(20)40-27)35-15-17(31-33-35)13-29-24(37)14-30-23(36)9-10-34-26(39)19-6-4-3-5-18(19)25(38)32-34/h3-8,11,15,21H,9-10,12-14H2,1-2H3,(H,29,37)(H,30,36)(H,32,38)/t21-/m1/s1. The Morgan fingerprint density at radius 3 is 2.70 bits per heavy atom. The zero-order chi connectivity index (χ0) is 28.4. The van der Waals surface area contributed by atoms with E-state index in [1.807, 2.05) is 13.8 Å². The fourth-order valence-corrected chi connectivity index (χ4v) is 4.71. The highest BCUT2D eigenvalue weighted by Crippen LogP contribution is 2.41. The molecule has 0 spiro atoms. The van der Waals surface area contributed by atoms with Gasteiger partial charge in [-0.05, 0) is 44.2 Å². The minimum Gasteiger partial charge on any atom is -0.487 e. The van der Waals surface area contributed by atoms with Crippen molar-refractivity contribution in [1.82, 2.24) is 35.4 Å².